The summed E-state index contributed by atoms with van der Waals surface area (Å²) in [6, 6.07) is 8.41. The average Bonchev–Trinajstić information content (AvgIpc) is 3.61. The van der Waals surface area contributed by atoms with Gasteiger partial charge in [-0.25, -0.2) is 4.79 Å². The Balaban J connectivity index is 1.26. The minimum atomic E-state index is -0.694. The Labute approximate surface area is 372 Å². The maximum absolute atomic E-state index is 14.0. The third-order valence-electron chi connectivity index (χ3n) is 14.3. The fraction of sp³-hybridized carbons (Fsp3) is 0.735. The smallest absolute Gasteiger partial charge is 0.414 e. The van der Waals surface area contributed by atoms with Gasteiger partial charge in [0, 0.05) is 37.1 Å². The van der Waals surface area contributed by atoms with Crippen molar-refractivity contribution in [1.82, 2.24) is 4.90 Å². The third-order valence-corrected chi connectivity index (χ3v) is 15.3. The van der Waals surface area contributed by atoms with Crippen molar-refractivity contribution in [2.45, 2.75) is 173 Å². The highest BCUT2D eigenvalue weighted by molar-refractivity contribution is 7.55. The van der Waals surface area contributed by atoms with Crippen molar-refractivity contribution in [2.75, 3.05) is 20.4 Å². The number of rotatable bonds is 16. The number of nitrogens with zero attached hydrogens (tertiary/aromatic N) is 1. The van der Waals surface area contributed by atoms with Gasteiger partial charge in [0.15, 0.2) is 12.6 Å². The van der Waals surface area contributed by atoms with Gasteiger partial charge in [0.25, 0.3) is 0 Å². The van der Waals surface area contributed by atoms with E-state index in [1.165, 1.54) is 11.1 Å². The molecule has 346 valence electrons. The number of benzene rings is 1. The second kappa shape index (κ2) is 22.6. The quantitative estimate of drug-likeness (QED) is 0.127. The molecule has 0 spiro atoms. The molecular weight excluding hydrogens is 808 g/mol. The van der Waals surface area contributed by atoms with Gasteiger partial charge in [-0.2, -0.15) is 0 Å². The molecule has 20 unspecified atom stereocenters. The van der Waals surface area contributed by atoms with Crippen LogP contribution < -0.4 is 5.73 Å². The monoisotopic (exact) mass is 884 g/mol. The highest BCUT2D eigenvalue weighted by Crippen LogP contribution is 2.44. The number of hydrogen-bond donors (Lipinski definition) is 1. The first-order valence-corrected chi connectivity index (χ1v) is 25.3. The normalized spacial score (nSPS) is 41.0. The molecule has 6 rings (SSSR count). The zero-order valence-corrected chi connectivity index (χ0v) is 39.6. The Kier molecular flexibility index (Phi) is 17.9. The second-order valence-corrected chi connectivity index (χ2v) is 20.2. The van der Waals surface area contributed by atoms with E-state index in [2.05, 4.69) is 85.9 Å². The van der Waals surface area contributed by atoms with Gasteiger partial charge in [0.2, 0.25) is 0 Å². The van der Waals surface area contributed by atoms with Crippen molar-refractivity contribution in [3.63, 3.8) is 0 Å². The van der Waals surface area contributed by atoms with Crippen molar-refractivity contribution in [3.05, 3.63) is 66.6 Å². The molecule has 0 bridgehead atoms. The summed E-state index contributed by atoms with van der Waals surface area (Å²) in [5.74, 6) is 0.811. The number of hydrogen-bond acceptors (Lipinski definition) is 11. The summed E-state index contributed by atoms with van der Waals surface area (Å²) in [5, 5.41) is 0. The molecule has 4 heterocycles. The Bertz CT molecular complexity index is 1680. The molecule has 5 aliphatic rings. The molecule has 1 aromatic carbocycles. The maximum atomic E-state index is 14.0. The topological polar surface area (TPSA) is 129 Å². The van der Waals surface area contributed by atoms with Gasteiger partial charge in [-0.05, 0) is 67.6 Å². The molecule has 1 aromatic rings. The molecule has 12 nitrogen and oxygen atoms in total. The van der Waals surface area contributed by atoms with E-state index in [1.54, 1.807) is 7.11 Å². The highest BCUT2D eigenvalue weighted by Gasteiger charge is 2.53. The first-order valence-electron chi connectivity index (χ1n) is 23.3. The van der Waals surface area contributed by atoms with Gasteiger partial charge < -0.3 is 48.4 Å². The van der Waals surface area contributed by atoms with Gasteiger partial charge in [0.05, 0.1) is 55.6 Å². The molecule has 20 atom stereocenters. The fourth-order valence-corrected chi connectivity index (χ4v) is 11.3. The zero-order chi connectivity index (χ0) is 44.7. The maximum Gasteiger partial charge on any atom is 0.414 e. The molecule has 0 radical (unpaired) electrons. The molecule has 0 aromatic heterocycles. The van der Waals surface area contributed by atoms with Gasteiger partial charge in [0.1, 0.15) is 33.0 Å². The van der Waals surface area contributed by atoms with Crippen LogP contribution in [0, 0.1) is 35.5 Å². The summed E-state index contributed by atoms with van der Waals surface area (Å²) < 4.78 is 58.7. The van der Waals surface area contributed by atoms with Crippen LogP contribution in [0.5, 0.6) is 0 Å². The van der Waals surface area contributed by atoms with Crippen LogP contribution in [0.3, 0.4) is 0 Å². The number of fused-ring (bicyclic) bond motifs is 1. The van der Waals surface area contributed by atoms with E-state index in [0.717, 1.165) is 31.2 Å². The second-order valence-electron chi connectivity index (χ2n) is 18.2. The van der Waals surface area contributed by atoms with Crippen LogP contribution >= 0.6 is 7.55 Å². The molecule has 1 saturated carbocycles. The number of carbonyl (C=O) groups is 1. The Morgan fingerprint density at radius 2 is 1.61 bits per heavy atom. The highest BCUT2D eigenvalue weighted by atomic mass is 31.1. The summed E-state index contributed by atoms with van der Waals surface area (Å²) >= 11 is 0. The Morgan fingerprint density at radius 1 is 0.887 bits per heavy atom. The molecule has 62 heavy (non-hydrogen) atoms. The molecule has 5 fully saturated rings. The third kappa shape index (κ3) is 11.0. The summed E-state index contributed by atoms with van der Waals surface area (Å²) in [6.45, 7) is 21.9. The van der Waals surface area contributed by atoms with Gasteiger partial charge in [-0.3, -0.25) is 4.90 Å². The predicted octanol–water partition coefficient (Wildman–Crippen LogP) is 8.61. The molecular formula is C49H76N2O10P+. The van der Waals surface area contributed by atoms with Crippen LogP contribution in [0.4, 0.5) is 4.79 Å². The lowest BCUT2D eigenvalue weighted by Gasteiger charge is -2.50. The Hall–Kier alpha value is -2.44. The van der Waals surface area contributed by atoms with E-state index in [0.29, 0.717) is 31.3 Å². The summed E-state index contributed by atoms with van der Waals surface area (Å²) in [7, 11) is 1.10. The van der Waals surface area contributed by atoms with Crippen molar-refractivity contribution < 1.29 is 47.4 Å². The average molecular weight is 884 g/mol. The minimum absolute atomic E-state index is 0.0334. The van der Waals surface area contributed by atoms with Crippen LogP contribution in [-0.4, -0.2) is 117 Å². The van der Waals surface area contributed by atoms with Crippen LogP contribution in [-0.2, 0) is 49.2 Å². The van der Waals surface area contributed by atoms with Gasteiger partial charge in [-0.15, -0.1) is 5.73 Å². The van der Waals surface area contributed by atoms with Crippen molar-refractivity contribution >= 4 is 19.9 Å². The van der Waals surface area contributed by atoms with Crippen LogP contribution in [0.15, 0.2) is 61.0 Å². The van der Waals surface area contributed by atoms with Crippen molar-refractivity contribution in [2.24, 2.45) is 41.2 Å². The standard InChI is InChI=1S/C49H76N2O10P/c1-12-34-31(8)43(53-9)39(15-4)56-40(34)24-20-23-36-35(13-2)47(57-38(36)14-3)58-41-26-33(50)25-37(51(16-5)48(52)54-27-32-21-18-17-19-22-32)45(41)60-46-30(7)29(6)44-42(59-46)28-55-49(61-44)62(10)11/h16-19,21-24,29-31,33-47,49H,5,10,12-15,25-28,50H2,1-4,6-9,11H3/q+1. The van der Waals surface area contributed by atoms with E-state index in [4.69, 9.17) is 48.4 Å². The molecule has 13 heteroatoms. The lowest BCUT2D eigenvalue weighted by molar-refractivity contribution is -0.342. The molecule has 4 aliphatic heterocycles. The van der Waals surface area contributed by atoms with Gasteiger partial charge in [-0.1, -0.05) is 91.8 Å². The van der Waals surface area contributed by atoms with E-state index in [9.17, 15) is 4.79 Å². The van der Waals surface area contributed by atoms with Gasteiger partial charge >= 0.3 is 12.1 Å². The summed E-state index contributed by atoms with van der Waals surface area (Å²) in [4.78, 5) is 15.5. The molecule has 4 saturated heterocycles. The molecule has 2 N–H and O–H groups in total. The fourth-order valence-electron chi connectivity index (χ4n) is 10.6. The number of amides is 1. The molecule has 1 amide bonds. The summed E-state index contributed by atoms with van der Waals surface area (Å²) in [5.41, 5.74) is 11.3. The first kappa shape index (κ1) is 49.0. The minimum Gasteiger partial charge on any atom is -0.444 e. The van der Waals surface area contributed by atoms with Crippen LogP contribution in [0.1, 0.15) is 92.6 Å². The molecule has 1 aliphatic carbocycles. The first-order chi connectivity index (χ1) is 29.9. The number of ether oxygens (including phenoxy) is 9. The SMILES string of the molecule is C=CN(C(=O)OCc1ccccc1)C1CC(N)CC(OC2OC(CC)C(C=C=CC3OC(CC)C(OC)C(C)C3CC)C2CC)C1OC1OC2COC([P+](=C)C)OC2C(C)C1C. The number of nitrogens with two attached hydrogens (primary N) is 1. The Morgan fingerprint density at radius 3 is 2.26 bits per heavy atom. The van der Waals surface area contributed by atoms with Crippen LogP contribution in [0.2, 0.25) is 0 Å². The van der Waals surface area contributed by atoms with E-state index < -0.39 is 44.5 Å². The number of methoxy groups -OCH3 is 1. The zero-order valence-electron chi connectivity index (χ0n) is 38.7. The van der Waals surface area contributed by atoms with Crippen LogP contribution in [0.25, 0.3) is 0 Å². The lowest BCUT2D eigenvalue weighted by Crippen LogP contribution is -2.62. The predicted molar refractivity (Wildman–Crippen MR) is 243 cm³/mol. The van der Waals surface area contributed by atoms with E-state index >= 15 is 0 Å². The lowest BCUT2D eigenvalue weighted by atomic mass is 9.78. The summed E-state index contributed by atoms with van der Waals surface area (Å²) in [6.07, 6.45) is 11.0. The van der Waals surface area contributed by atoms with Crippen molar-refractivity contribution in [1.29, 1.82) is 0 Å². The van der Waals surface area contributed by atoms with Crippen molar-refractivity contribution in [3.8, 4) is 0 Å². The largest absolute Gasteiger partial charge is 0.444 e. The van der Waals surface area contributed by atoms with E-state index in [-0.39, 0.29) is 79.0 Å². The number of carbonyl (C=O) groups excluding carboxylic acids is 1. The van der Waals surface area contributed by atoms with E-state index in [1.807, 2.05) is 30.3 Å².